The van der Waals surface area contributed by atoms with Gasteiger partial charge in [-0.05, 0) is 17.5 Å². The predicted molar refractivity (Wildman–Crippen MR) is 98.1 cm³/mol. The maximum Gasteiger partial charge on any atom is 0.230 e. The average molecular weight is 355 g/mol. The number of aromatic nitrogens is 2. The number of nitrogens with one attached hydrogen (secondary N) is 1. The van der Waals surface area contributed by atoms with Gasteiger partial charge in [-0.25, -0.2) is 0 Å². The quantitative estimate of drug-likeness (QED) is 0.656. The van der Waals surface area contributed by atoms with Crippen LogP contribution in [0.15, 0.2) is 70.5 Å². The Morgan fingerprint density at radius 1 is 1.08 bits per heavy atom. The van der Waals surface area contributed by atoms with Crippen molar-refractivity contribution in [3.05, 3.63) is 77.3 Å². The minimum atomic E-state index is -0.0453. The highest BCUT2D eigenvalue weighted by Crippen LogP contribution is 2.21. The highest BCUT2D eigenvalue weighted by Gasteiger charge is 2.15. The van der Waals surface area contributed by atoms with Gasteiger partial charge >= 0.3 is 0 Å². The molecule has 1 N–H and O–H groups in total. The first-order valence-electron chi connectivity index (χ1n) is 7.58. The van der Waals surface area contributed by atoms with Crippen molar-refractivity contribution < 1.29 is 4.79 Å². The number of carbonyl (C=O) groups is 1. The molecule has 3 aromatic rings. The molecule has 0 bridgehead atoms. The van der Waals surface area contributed by atoms with Crippen molar-refractivity contribution in [2.75, 3.05) is 5.75 Å². The SMILES string of the molecule is O=C(CSc1nncs1)NC(Cc1ccccc1)c1ccccc1. The molecule has 2 aromatic carbocycles. The maximum absolute atomic E-state index is 12.3. The van der Waals surface area contributed by atoms with E-state index < -0.39 is 0 Å². The number of hydrogen-bond donors (Lipinski definition) is 1. The lowest BCUT2D eigenvalue weighted by atomic mass is 9.99. The van der Waals surface area contributed by atoms with Crippen LogP contribution in [0, 0.1) is 0 Å². The molecule has 1 heterocycles. The molecule has 1 aromatic heterocycles. The standard InChI is InChI=1S/C18H17N3OS2/c22-17(12-23-18-21-19-13-24-18)20-16(15-9-5-2-6-10-15)11-14-7-3-1-4-8-14/h1-10,13,16H,11-12H2,(H,20,22). The van der Waals surface area contributed by atoms with Gasteiger partial charge in [0, 0.05) is 0 Å². The fourth-order valence-corrected chi connectivity index (χ4v) is 3.68. The molecule has 0 saturated carbocycles. The zero-order valence-electron chi connectivity index (χ0n) is 13.0. The molecule has 0 radical (unpaired) electrons. The van der Waals surface area contributed by atoms with Gasteiger partial charge in [0.15, 0.2) is 4.34 Å². The Kier molecular flexibility index (Phi) is 5.98. The van der Waals surface area contributed by atoms with E-state index in [1.54, 1.807) is 5.51 Å². The highest BCUT2D eigenvalue weighted by molar-refractivity contribution is 8.01. The second kappa shape index (κ2) is 8.61. The van der Waals surface area contributed by atoms with Gasteiger partial charge in [0.05, 0.1) is 11.8 Å². The number of benzene rings is 2. The zero-order chi connectivity index (χ0) is 16.6. The third-order valence-corrected chi connectivity index (χ3v) is 5.35. The van der Waals surface area contributed by atoms with E-state index in [2.05, 4.69) is 27.6 Å². The summed E-state index contributed by atoms with van der Waals surface area (Å²) in [4.78, 5) is 12.3. The zero-order valence-corrected chi connectivity index (χ0v) is 14.6. The van der Waals surface area contributed by atoms with E-state index in [9.17, 15) is 4.79 Å². The number of amides is 1. The summed E-state index contributed by atoms with van der Waals surface area (Å²) in [5, 5.41) is 10.9. The molecule has 0 spiro atoms. The summed E-state index contributed by atoms with van der Waals surface area (Å²) >= 11 is 2.86. The summed E-state index contributed by atoms with van der Waals surface area (Å²) in [6.45, 7) is 0. The highest BCUT2D eigenvalue weighted by atomic mass is 32.2. The van der Waals surface area contributed by atoms with E-state index in [1.165, 1.54) is 28.7 Å². The van der Waals surface area contributed by atoms with E-state index >= 15 is 0 Å². The molecule has 1 unspecified atom stereocenters. The number of nitrogens with zero attached hydrogens (tertiary/aromatic N) is 2. The van der Waals surface area contributed by atoms with Crippen LogP contribution in [0.25, 0.3) is 0 Å². The third kappa shape index (κ3) is 4.91. The molecule has 0 fully saturated rings. The minimum Gasteiger partial charge on any atom is -0.348 e. The molecule has 4 nitrogen and oxygen atoms in total. The average Bonchev–Trinajstić information content (AvgIpc) is 3.15. The molecule has 0 aliphatic rings. The number of hydrogen-bond acceptors (Lipinski definition) is 5. The second-order valence-electron chi connectivity index (χ2n) is 5.21. The minimum absolute atomic E-state index is 0.0000146. The first-order chi connectivity index (χ1) is 11.8. The Hall–Kier alpha value is -2.18. The van der Waals surface area contributed by atoms with Gasteiger partial charge in [-0.15, -0.1) is 10.2 Å². The molecule has 122 valence electrons. The molecule has 24 heavy (non-hydrogen) atoms. The monoisotopic (exact) mass is 355 g/mol. The molecule has 0 saturated heterocycles. The van der Waals surface area contributed by atoms with Crippen molar-refractivity contribution in [1.29, 1.82) is 0 Å². The van der Waals surface area contributed by atoms with Gasteiger partial charge in [-0.1, -0.05) is 83.8 Å². The third-order valence-electron chi connectivity index (χ3n) is 3.49. The normalized spacial score (nSPS) is 11.8. The molecular weight excluding hydrogens is 338 g/mol. The Morgan fingerprint density at radius 3 is 2.46 bits per heavy atom. The van der Waals surface area contributed by atoms with Crippen molar-refractivity contribution in [3.8, 4) is 0 Å². The topological polar surface area (TPSA) is 54.9 Å². The summed E-state index contributed by atoms with van der Waals surface area (Å²) in [7, 11) is 0. The van der Waals surface area contributed by atoms with Gasteiger partial charge in [0.1, 0.15) is 5.51 Å². The smallest absolute Gasteiger partial charge is 0.230 e. The van der Waals surface area contributed by atoms with Crippen LogP contribution in [0.2, 0.25) is 0 Å². The van der Waals surface area contributed by atoms with E-state index in [0.29, 0.717) is 5.75 Å². The van der Waals surface area contributed by atoms with Crippen molar-refractivity contribution in [2.24, 2.45) is 0 Å². The van der Waals surface area contributed by atoms with Gasteiger partial charge in [-0.3, -0.25) is 4.79 Å². The fraction of sp³-hybridized carbons (Fsp3) is 0.167. The molecule has 6 heteroatoms. The van der Waals surface area contributed by atoms with Crippen molar-refractivity contribution in [1.82, 2.24) is 15.5 Å². The lowest BCUT2D eigenvalue weighted by molar-refractivity contribution is -0.119. The van der Waals surface area contributed by atoms with E-state index in [4.69, 9.17) is 0 Å². The van der Waals surface area contributed by atoms with E-state index in [0.717, 1.165) is 16.3 Å². The van der Waals surface area contributed by atoms with Crippen LogP contribution >= 0.6 is 23.1 Å². The predicted octanol–water partition coefficient (Wildman–Crippen LogP) is 3.73. The largest absolute Gasteiger partial charge is 0.348 e. The van der Waals surface area contributed by atoms with Crippen molar-refractivity contribution in [2.45, 2.75) is 16.8 Å². The van der Waals surface area contributed by atoms with E-state index in [-0.39, 0.29) is 11.9 Å². The summed E-state index contributed by atoms with van der Waals surface area (Å²) in [5.74, 6) is 0.341. The Labute approximate surface area is 149 Å². The lowest BCUT2D eigenvalue weighted by Gasteiger charge is -2.19. The van der Waals surface area contributed by atoms with Crippen molar-refractivity contribution >= 4 is 29.0 Å². The number of thioether (sulfide) groups is 1. The number of carbonyl (C=O) groups excluding carboxylic acids is 1. The van der Waals surface area contributed by atoms with Crippen LogP contribution in [0.4, 0.5) is 0 Å². The van der Waals surface area contributed by atoms with Crippen LogP contribution in [0.1, 0.15) is 17.2 Å². The van der Waals surface area contributed by atoms with Crippen LogP contribution in [0.3, 0.4) is 0 Å². The first-order valence-corrected chi connectivity index (χ1v) is 9.45. The van der Waals surface area contributed by atoms with Crippen LogP contribution < -0.4 is 5.32 Å². The summed E-state index contributed by atoms with van der Waals surface area (Å²) in [6.07, 6.45) is 0.764. The molecule has 1 atom stereocenters. The summed E-state index contributed by atoms with van der Waals surface area (Å²) < 4.78 is 0.810. The lowest BCUT2D eigenvalue weighted by Crippen LogP contribution is -2.31. The van der Waals surface area contributed by atoms with Gasteiger partial charge < -0.3 is 5.32 Å². The van der Waals surface area contributed by atoms with Gasteiger partial charge in [0.2, 0.25) is 5.91 Å². The van der Waals surface area contributed by atoms with Crippen LogP contribution in [-0.2, 0) is 11.2 Å². The Balaban J connectivity index is 1.66. The van der Waals surface area contributed by atoms with Gasteiger partial charge in [-0.2, -0.15) is 0 Å². The van der Waals surface area contributed by atoms with Crippen LogP contribution in [-0.4, -0.2) is 21.9 Å². The van der Waals surface area contributed by atoms with Gasteiger partial charge in [0.25, 0.3) is 0 Å². The Bertz CT molecular complexity index is 748. The molecular formula is C18H17N3OS2. The second-order valence-corrected chi connectivity index (χ2v) is 7.27. The molecule has 3 rings (SSSR count). The molecule has 0 aliphatic carbocycles. The fourth-order valence-electron chi connectivity index (χ4n) is 2.38. The van der Waals surface area contributed by atoms with E-state index in [1.807, 2.05) is 48.5 Å². The molecule has 1 amide bonds. The summed E-state index contributed by atoms with van der Waals surface area (Å²) in [6, 6.07) is 20.2. The Morgan fingerprint density at radius 2 is 1.79 bits per heavy atom. The van der Waals surface area contributed by atoms with Crippen molar-refractivity contribution in [3.63, 3.8) is 0 Å². The van der Waals surface area contributed by atoms with Crippen LogP contribution in [0.5, 0.6) is 0 Å². The molecule has 0 aliphatic heterocycles. The number of rotatable bonds is 7. The first kappa shape index (κ1) is 16.7. The summed E-state index contributed by atoms with van der Waals surface area (Å²) in [5.41, 5.74) is 3.97. The maximum atomic E-state index is 12.3.